The highest BCUT2D eigenvalue weighted by molar-refractivity contribution is 7.91. The van der Waals surface area contributed by atoms with Gasteiger partial charge in [-0.05, 0) is 66.2 Å². The molecule has 0 aliphatic carbocycles. The van der Waals surface area contributed by atoms with Crippen LogP contribution in [0.3, 0.4) is 0 Å². The summed E-state index contributed by atoms with van der Waals surface area (Å²) in [6.07, 6.45) is 1.86. The molecule has 0 aliphatic rings. The van der Waals surface area contributed by atoms with Crippen LogP contribution in [-0.2, 0) is 39.9 Å². The zero-order valence-corrected chi connectivity index (χ0v) is 29.2. The highest BCUT2D eigenvalue weighted by atomic mass is 32.2. The molecule has 0 unspecified atom stereocenters. The summed E-state index contributed by atoms with van der Waals surface area (Å²) >= 11 is 0. The van der Waals surface area contributed by atoms with E-state index in [1.165, 1.54) is 24.3 Å². The molecule has 4 aromatic carbocycles. The molecule has 0 atom stereocenters. The number of benzene rings is 4. The van der Waals surface area contributed by atoms with Crippen LogP contribution in [0, 0.1) is 0 Å². The fourth-order valence-electron chi connectivity index (χ4n) is 4.73. The number of nitrogens with two attached hydrogens (primary N) is 2. The Bertz CT molecular complexity index is 2390. The van der Waals surface area contributed by atoms with Crippen LogP contribution in [-0.4, -0.2) is 67.1 Å². The second-order valence-corrected chi connectivity index (χ2v) is 17.6. The average Bonchev–Trinajstić information content (AvgIpc) is 2.98. The minimum Gasteiger partial charge on any atom is -0.398 e. The van der Waals surface area contributed by atoms with Gasteiger partial charge in [-0.15, -0.1) is 0 Å². The number of sulfone groups is 2. The van der Waals surface area contributed by atoms with Crippen molar-refractivity contribution in [2.75, 3.05) is 34.6 Å². The van der Waals surface area contributed by atoms with E-state index in [2.05, 4.69) is 17.2 Å². The lowest BCUT2D eigenvalue weighted by Gasteiger charge is -2.16. The van der Waals surface area contributed by atoms with Gasteiger partial charge < -0.3 is 22.1 Å². The standard InChI is InChI=1S/C30H28N4O12S4/c1-16(21-8-6-19(14-27(21)49(41,42)43)33-29(35)17-4-10-25(23(31)12-17)47(2,37)38)22-9-7-20(15-28(22)50(44,45)46)34-30(36)18-5-11-26(24(32)13-18)48(3,39)40/h4-15H,1,31-32H2,2-3H3,(H,33,35)(H,34,36)(H,41,42,43)(H,44,45,46). The maximum Gasteiger partial charge on any atom is 0.295 e. The molecule has 0 radical (unpaired) electrons. The molecule has 2 amide bonds. The highest BCUT2D eigenvalue weighted by Crippen LogP contribution is 2.35. The number of carbonyl (C=O) groups is 2. The summed E-state index contributed by atoms with van der Waals surface area (Å²) in [5.41, 5.74) is 9.62. The lowest BCUT2D eigenvalue weighted by Crippen LogP contribution is -2.15. The van der Waals surface area contributed by atoms with E-state index in [1.807, 2.05) is 0 Å². The van der Waals surface area contributed by atoms with Crippen molar-refractivity contribution in [3.05, 3.63) is 102 Å². The van der Waals surface area contributed by atoms with Crippen molar-refractivity contribution >= 4 is 80.0 Å². The molecule has 8 N–H and O–H groups in total. The van der Waals surface area contributed by atoms with Crippen LogP contribution in [0.1, 0.15) is 31.8 Å². The van der Waals surface area contributed by atoms with Crippen LogP contribution in [0.15, 0.2) is 99.0 Å². The molecule has 0 saturated heterocycles. The number of hydrogen-bond acceptors (Lipinski definition) is 12. The lowest BCUT2D eigenvalue weighted by atomic mass is 9.98. The molecular formula is C30H28N4O12S4. The quantitative estimate of drug-likeness (QED) is 0.100. The Morgan fingerprint density at radius 2 is 0.900 bits per heavy atom. The molecular weight excluding hydrogens is 737 g/mol. The van der Waals surface area contributed by atoms with E-state index in [1.54, 1.807) is 0 Å². The Hall–Kier alpha value is -5.12. The number of hydrogen-bond donors (Lipinski definition) is 6. The summed E-state index contributed by atoms with van der Waals surface area (Å²) in [5.74, 6) is -1.66. The Morgan fingerprint density at radius 3 is 1.18 bits per heavy atom. The van der Waals surface area contributed by atoms with Crippen LogP contribution in [0.5, 0.6) is 0 Å². The third-order valence-corrected chi connectivity index (χ3v) is 11.2. The summed E-state index contributed by atoms with van der Waals surface area (Å²) < 4.78 is 117. The molecule has 16 nitrogen and oxygen atoms in total. The summed E-state index contributed by atoms with van der Waals surface area (Å²) in [5, 5.41) is 4.78. The van der Waals surface area contributed by atoms with Gasteiger partial charge in [0, 0.05) is 46.1 Å². The Morgan fingerprint density at radius 1 is 0.560 bits per heavy atom. The number of rotatable bonds is 10. The van der Waals surface area contributed by atoms with Gasteiger partial charge in [0.2, 0.25) is 0 Å². The van der Waals surface area contributed by atoms with Gasteiger partial charge in [-0.25, -0.2) is 16.8 Å². The van der Waals surface area contributed by atoms with E-state index < -0.39 is 61.5 Å². The normalized spacial score (nSPS) is 12.2. The predicted octanol–water partition coefficient (Wildman–Crippen LogP) is 2.72. The molecule has 4 rings (SSSR count). The van der Waals surface area contributed by atoms with Gasteiger partial charge in [0.15, 0.2) is 19.7 Å². The average molecular weight is 765 g/mol. The van der Waals surface area contributed by atoms with Crippen LogP contribution in [0.25, 0.3) is 5.57 Å². The smallest absolute Gasteiger partial charge is 0.295 e. The maximum atomic E-state index is 12.9. The van der Waals surface area contributed by atoms with Gasteiger partial charge in [-0.1, -0.05) is 18.7 Å². The first-order valence-electron chi connectivity index (χ1n) is 13.6. The number of anilines is 4. The van der Waals surface area contributed by atoms with Gasteiger partial charge in [0.05, 0.1) is 21.2 Å². The second-order valence-electron chi connectivity index (χ2n) is 10.8. The first-order chi connectivity index (χ1) is 22.9. The molecule has 0 bridgehead atoms. The van der Waals surface area contributed by atoms with E-state index in [0.717, 1.165) is 61.0 Å². The zero-order valence-electron chi connectivity index (χ0n) is 25.9. The van der Waals surface area contributed by atoms with Gasteiger partial charge in [-0.3, -0.25) is 18.7 Å². The van der Waals surface area contributed by atoms with Crippen molar-refractivity contribution in [1.82, 2.24) is 0 Å². The summed E-state index contributed by atoms with van der Waals surface area (Å²) in [4.78, 5) is 23.6. The SMILES string of the molecule is C=C(c1ccc(NC(=O)c2ccc(S(C)(=O)=O)c(N)c2)cc1S(=O)(=O)O)c1ccc(NC(=O)c2ccc(S(C)(=O)=O)c(N)c2)cc1S(=O)(=O)O. The third-order valence-electron chi connectivity index (χ3n) is 7.03. The number of amides is 2. The Kier molecular flexibility index (Phi) is 10.0. The fourth-order valence-corrected chi connectivity index (χ4v) is 7.83. The zero-order chi connectivity index (χ0) is 37.6. The molecule has 4 aromatic rings. The largest absolute Gasteiger partial charge is 0.398 e. The minimum absolute atomic E-state index is 0.0869. The Balaban J connectivity index is 1.68. The van der Waals surface area contributed by atoms with E-state index in [0.29, 0.717) is 0 Å². The lowest BCUT2D eigenvalue weighted by molar-refractivity contribution is 0.101. The fraction of sp³-hybridized carbons (Fsp3) is 0.0667. The number of nitrogen functional groups attached to an aromatic ring is 2. The molecule has 0 spiro atoms. The van der Waals surface area contributed by atoms with Gasteiger partial charge in [0.25, 0.3) is 32.1 Å². The van der Waals surface area contributed by atoms with E-state index in [4.69, 9.17) is 11.5 Å². The van der Waals surface area contributed by atoms with Crippen LogP contribution in [0.2, 0.25) is 0 Å². The van der Waals surface area contributed by atoms with Crippen molar-refractivity contribution in [2.45, 2.75) is 19.6 Å². The number of carbonyl (C=O) groups excluding carboxylic acids is 2. The monoisotopic (exact) mass is 764 g/mol. The molecule has 20 heteroatoms. The van der Waals surface area contributed by atoms with Crippen molar-refractivity contribution in [1.29, 1.82) is 0 Å². The second kappa shape index (κ2) is 13.3. The van der Waals surface area contributed by atoms with Crippen molar-refractivity contribution in [2.24, 2.45) is 0 Å². The summed E-state index contributed by atoms with van der Waals surface area (Å²) in [6, 6.07) is 13.1. The summed E-state index contributed by atoms with van der Waals surface area (Å²) in [7, 11) is -17.5. The highest BCUT2D eigenvalue weighted by Gasteiger charge is 2.25. The van der Waals surface area contributed by atoms with E-state index >= 15 is 0 Å². The first kappa shape index (κ1) is 37.7. The Labute approximate surface area is 287 Å². The first-order valence-corrected chi connectivity index (χ1v) is 20.3. The van der Waals surface area contributed by atoms with Crippen LogP contribution >= 0.6 is 0 Å². The van der Waals surface area contributed by atoms with Crippen molar-refractivity contribution < 1.29 is 52.4 Å². The molecule has 0 heterocycles. The molecule has 0 aromatic heterocycles. The molecule has 0 aliphatic heterocycles. The predicted molar refractivity (Wildman–Crippen MR) is 184 cm³/mol. The van der Waals surface area contributed by atoms with Gasteiger partial charge in [0.1, 0.15) is 9.79 Å². The van der Waals surface area contributed by atoms with Crippen LogP contribution < -0.4 is 22.1 Å². The molecule has 0 saturated carbocycles. The van der Waals surface area contributed by atoms with Crippen molar-refractivity contribution in [3.63, 3.8) is 0 Å². The molecule has 50 heavy (non-hydrogen) atoms. The number of nitrogens with one attached hydrogen (secondary N) is 2. The van der Waals surface area contributed by atoms with Crippen LogP contribution in [0.4, 0.5) is 22.7 Å². The topological polar surface area (TPSA) is 287 Å². The molecule has 0 fully saturated rings. The van der Waals surface area contributed by atoms with Crippen molar-refractivity contribution in [3.8, 4) is 0 Å². The van der Waals surface area contributed by atoms with E-state index in [9.17, 15) is 52.4 Å². The van der Waals surface area contributed by atoms with E-state index in [-0.39, 0.29) is 60.4 Å². The molecule has 264 valence electrons. The maximum absolute atomic E-state index is 12.9. The minimum atomic E-state index is -5.07. The summed E-state index contributed by atoms with van der Waals surface area (Å²) in [6.45, 7) is 3.74. The van der Waals surface area contributed by atoms with Gasteiger partial charge >= 0.3 is 0 Å². The van der Waals surface area contributed by atoms with Gasteiger partial charge in [-0.2, -0.15) is 16.8 Å². The third kappa shape index (κ3) is 8.35.